The number of carbonyl (C=O) groups is 1. The second-order valence-corrected chi connectivity index (χ2v) is 7.11. The van der Waals surface area contributed by atoms with Crippen LogP contribution in [-0.2, 0) is 11.8 Å². The second-order valence-electron chi connectivity index (χ2n) is 7.11. The highest BCUT2D eigenvalue weighted by Gasteiger charge is 2.37. The number of hydrogen-bond donors (Lipinski definition) is 0. The second kappa shape index (κ2) is 5.20. The quantitative estimate of drug-likeness (QED) is 0.713. The molecule has 0 spiro atoms. The Morgan fingerprint density at radius 1 is 1.00 bits per heavy atom. The molecule has 0 unspecified atom stereocenters. The van der Waals surface area contributed by atoms with Crippen molar-refractivity contribution in [1.82, 2.24) is 0 Å². The van der Waals surface area contributed by atoms with Crippen molar-refractivity contribution in [3.05, 3.63) is 88.6 Å². The predicted octanol–water partition coefficient (Wildman–Crippen LogP) is 4.66. The molecule has 1 aliphatic heterocycles. The van der Waals surface area contributed by atoms with E-state index in [0.29, 0.717) is 0 Å². The molecule has 0 amide bonds. The molecule has 0 fully saturated rings. The lowest BCUT2D eigenvalue weighted by Gasteiger charge is -2.23. The summed E-state index contributed by atoms with van der Waals surface area (Å²) in [5, 5.41) is 0. The van der Waals surface area contributed by atoms with E-state index in [2.05, 4.69) is 56.1 Å². The number of anilines is 1. The molecule has 2 heteroatoms. The van der Waals surface area contributed by atoms with Gasteiger partial charge in [0.05, 0.1) is 0 Å². The van der Waals surface area contributed by atoms with E-state index < -0.39 is 0 Å². The van der Waals surface area contributed by atoms with Crippen molar-refractivity contribution in [3.8, 4) is 0 Å². The molecule has 1 aliphatic carbocycles. The molecule has 0 radical (unpaired) electrons. The molecule has 2 aliphatic rings. The molecule has 0 N–H and O–H groups in total. The van der Waals surface area contributed by atoms with Crippen LogP contribution < -0.4 is 4.90 Å². The van der Waals surface area contributed by atoms with Gasteiger partial charge in [0.25, 0.3) is 0 Å². The molecule has 0 aromatic heterocycles. The summed E-state index contributed by atoms with van der Waals surface area (Å²) in [6, 6.07) is 16.4. The fraction of sp³-hybridized carbons (Fsp3) is 0.227. The minimum Gasteiger partial charge on any atom is -0.347 e. The largest absolute Gasteiger partial charge is 0.347 e. The summed E-state index contributed by atoms with van der Waals surface area (Å²) in [5.41, 5.74) is 6.60. The smallest absolute Gasteiger partial charge is 0.189 e. The lowest BCUT2D eigenvalue weighted by molar-refractivity contribution is 0.103. The zero-order chi connectivity index (χ0) is 16.9. The third-order valence-electron chi connectivity index (χ3n) is 5.32. The number of carbonyl (C=O) groups excluding carboxylic acids is 1. The van der Waals surface area contributed by atoms with E-state index in [4.69, 9.17) is 0 Å². The van der Waals surface area contributed by atoms with Gasteiger partial charge in [0, 0.05) is 41.4 Å². The number of ketones is 1. The summed E-state index contributed by atoms with van der Waals surface area (Å²) >= 11 is 0. The van der Waals surface area contributed by atoms with Crippen LogP contribution in [0.25, 0.3) is 0 Å². The SMILES string of the molecule is CN1C(=CC=C2Cc3ccccc3C2=O)C(C)(C)c2ccccc21. The summed E-state index contributed by atoms with van der Waals surface area (Å²) in [7, 11) is 2.10. The van der Waals surface area contributed by atoms with Crippen molar-refractivity contribution < 1.29 is 4.79 Å². The molecule has 2 aromatic rings. The lowest BCUT2D eigenvalue weighted by atomic mass is 9.83. The number of rotatable bonds is 1. The van der Waals surface area contributed by atoms with Crippen molar-refractivity contribution >= 4 is 11.5 Å². The minimum atomic E-state index is -0.0586. The molecular formula is C22H21NO. The van der Waals surface area contributed by atoms with Gasteiger partial charge in [0.1, 0.15) is 0 Å². The third-order valence-corrected chi connectivity index (χ3v) is 5.32. The number of nitrogens with zero attached hydrogens (tertiary/aromatic N) is 1. The van der Waals surface area contributed by atoms with Crippen LogP contribution in [0.3, 0.4) is 0 Å². The molecule has 24 heavy (non-hydrogen) atoms. The maximum atomic E-state index is 12.6. The standard InChI is InChI=1S/C22H21NO/c1-22(2)18-10-6-7-11-19(18)23(3)20(22)13-12-16-14-15-8-4-5-9-17(15)21(16)24/h4-13H,14H2,1-3H3. The van der Waals surface area contributed by atoms with Gasteiger partial charge in [-0.2, -0.15) is 0 Å². The molecule has 2 nitrogen and oxygen atoms in total. The Bertz CT molecular complexity index is 902. The van der Waals surface area contributed by atoms with E-state index in [0.717, 1.165) is 23.1 Å². The summed E-state index contributed by atoms with van der Waals surface area (Å²) in [4.78, 5) is 14.8. The topological polar surface area (TPSA) is 20.3 Å². The third kappa shape index (κ3) is 2.06. The van der Waals surface area contributed by atoms with Gasteiger partial charge < -0.3 is 4.90 Å². The lowest BCUT2D eigenvalue weighted by Crippen LogP contribution is -2.22. The van der Waals surface area contributed by atoms with Gasteiger partial charge in [-0.05, 0) is 23.3 Å². The monoisotopic (exact) mass is 315 g/mol. The van der Waals surface area contributed by atoms with E-state index in [9.17, 15) is 4.79 Å². The van der Waals surface area contributed by atoms with E-state index >= 15 is 0 Å². The van der Waals surface area contributed by atoms with Crippen molar-refractivity contribution in [2.45, 2.75) is 25.7 Å². The number of benzene rings is 2. The number of Topliss-reactive ketones (excluding diaryl/α,β-unsaturated/α-hetero) is 1. The van der Waals surface area contributed by atoms with Gasteiger partial charge in [0.2, 0.25) is 0 Å². The van der Waals surface area contributed by atoms with Crippen molar-refractivity contribution in [2.24, 2.45) is 0 Å². The first kappa shape index (κ1) is 14.9. The van der Waals surface area contributed by atoms with Crippen LogP contribution in [0, 0.1) is 0 Å². The van der Waals surface area contributed by atoms with Crippen LogP contribution in [0.15, 0.2) is 72.0 Å². The first-order valence-electron chi connectivity index (χ1n) is 8.37. The normalized spacial score (nSPS) is 21.5. The molecule has 0 bridgehead atoms. The van der Waals surface area contributed by atoms with Gasteiger partial charge in [-0.3, -0.25) is 4.79 Å². The zero-order valence-corrected chi connectivity index (χ0v) is 14.3. The summed E-state index contributed by atoms with van der Waals surface area (Å²) in [5.74, 6) is 0.165. The van der Waals surface area contributed by atoms with Crippen molar-refractivity contribution in [3.63, 3.8) is 0 Å². The maximum absolute atomic E-state index is 12.6. The van der Waals surface area contributed by atoms with Gasteiger partial charge in [-0.25, -0.2) is 0 Å². The van der Waals surface area contributed by atoms with Crippen molar-refractivity contribution in [2.75, 3.05) is 11.9 Å². The van der Waals surface area contributed by atoms with E-state index in [1.165, 1.54) is 16.9 Å². The minimum absolute atomic E-state index is 0.0586. The molecule has 1 heterocycles. The highest BCUT2D eigenvalue weighted by Crippen LogP contribution is 2.46. The summed E-state index contributed by atoms with van der Waals surface area (Å²) in [6.07, 6.45) is 4.87. The van der Waals surface area contributed by atoms with E-state index in [-0.39, 0.29) is 11.2 Å². The van der Waals surface area contributed by atoms with Gasteiger partial charge >= 0.3 is 0 Å². The Balaban J connectivity index is 1.72. The van der Waals surface area contributed by atoms with Crippen LogP contribution in [0.5, 0.6) is 0 Å². The Kier molecular flexibility index (Phi) is 3.24. The molecular weight excluding hydrogens is 294 g/mol. The van der Waals surface area contributed by atoms with Gasteiger partial charge in [0.15, 0.2) is 5.78 Å². The van der Waals surface area contributed by atoms with E-state index in [1.807, 2.05) is 30.3 Å². The summed E-state index contributed by atoms with van der Waals surface area (Å²) in [6.45, 7) is 4.48. The van der Waals surface area contributed by atoms with Crippen LogP contribution in [-0.4, -0.2) is 12.8 Å². The average molecular weight is 315 g/mol. The molecule has 2 aromatic carbocycles. The predicted molar refractivity (Wildman–Crippen MR) is 98.5 cm³/mol. The Hall–Kier alpha value is -2.61. The molecule has 4 rings (SSSR count). The molecule has 0 saturated carbocycles. The fourth-order valence-corrected chi connectivity index (χ4v) is 3.97. The Morgan fingerprint density at radius 2 is 1.71 bits per heavy atom. The van der Waals surface area contributed by atoms with Gasteiger partial charge in [-0.1, -0.05) is 62.4 Å². The van der Waals surface area contributed by atoms with Gasteiger partial charge in [-0.15, -0.1) is 0 Å². The Morgan fingerprint density at radius 3 is 2.46 bits per heavy atom. The van der Waals surface area contributed by atoms with Crippen LogP contribution in [0.4, 0.5) is 5.69 Å². The number of fused-ring (bicyclic) bond motifs is 2. The van der Waals surface area contributed by atoms with Crippen LogP contribution in [0.2, 0.25) is 0 Å². The fourth-order valence-electron chi connectivity index (χ4n) is 3.97. The number of hydrogen-bond acceptors (Lipinski definition) is 2. The molecule has 0 saturated heterocycles. The van der Waals surface area contributed by atoms with E-state index in [1.54, 1.807) is 0 Å². The van der Waals surface area contributed by atoms with Crippen LogP contribution >= 0.6 is 0 Å². The maximum Gasteiger partial charge on any atom is 0.189 e. The van der Waals surface area contributed by atoms with Crippen LogP contribution in [0.1, 0.15) is 35.3 Å². The molecule has 120 valence electrons. The average Bonchev–Trinajstić information content (AvgIpc) is 3.00. The first-order valence-corrected chi connectivity index (χ1v) is 8.37. The highest BCUT2D eigenvalue weighted by atomic mass is 16.1. The summed E-state index contributed by atoms with van der Waals surface area (Å²) < 4.78 is 0. The highest BCUT2D eigenvalue weighted by molar-refractivity contribution is 6.13. The number of allylic oxidation sites excluding steroid dienone is 4. The molecule has 0 atom stereocenters. The van der Waals surface area contributed by atoms with Crippen molar-refractivity contribution in [1.29, 1.82) is 0 Å². The number of para-hydroxylation sites is 1. The zero-order valence-electron chi connectivity index (χ0n) is 14.3. The Labute approximate surface area is 143 Å². The first-order chi connectivity index (χ1) is 11.5. The number of likely N-dealkylation sites (N-methyl/N-ethyl adjacent to an activating group) is 1.